The Balaban J connectivity index is 1.92. The molecule has 132 valence electrons. The zero-order valence-electron chi connectivity index (χ0n) is 14.8. The molecule has 0 heterocycles. The van der Waals surface area contributed by atoms with E-state index in [2.05, 4.69) is 17.4 Å². The third kappa shape index (κ3) is 6.42. The molecular formula is C21H25NO3. The Morgan fingerprint density at radius 2 is 1.64 bits per heavy atom. The number of aryl methyl sites for hydroxylation is 2. The van der Waals surface area contributed by atoms with Crippen molar-refractivity contribution in [1.82, 2.24) is 5.32 Å². The number of esters is 1. The fourth-order valence-electron chi connectivity index (χ4n) is 2.44. The van der Waals surface area contributed by atoms with E-state index in [0.717, 1.165) is 18.4 Å². The normalized spacial score (nSPS) is 10.5. The molecular weight excluding hydrogens is 314 g/mol. The van der Waals surface area contributed by atoms with Crippen molar-refractivity contribution in [3.05, 3.63) is 71.3 Å². The maximum Gasteiger partial charge on any atom is 0.338 e. The van der Waals surface area contributed by atoms with E-state index in [1.807, 2.05) is 44.2 Å². The highest BCUT2D eigenvalue weighted by Gasteiger charge is 2.14. The zero-order valence-corrected chi connectivity index (χ0v) is 14.8. The lowest BCUT2D eigenvalue weighted by Crippen LogP contribution is -2.31. The number of hydrogen-bond acceptors (Lipinski definition) is 3. The van der Waals surface area contributed by atoms with Crippen molar-refractivity contribution in [2.24, 2.45) is 5.92 Å². The van der Waals surface area contributed by atoms with Crippen molar-refractivity contribution < 1.29 is 14.3 Å². The molecule has 1 N–H and O–H groups in total. The Morgan fingerprint density at radius 3 is 2.36 bits per heavy atom. The van der Waals surface area contributed by atoms with E-state index in [4.69, 9.17) is 4.74 Å². The van der Waals surface area contributed by atoms with Crippen LogP contribution in [0.15, 0.2) is 54.6 Å². The molecule has 25 heavy (non-hydrogen) atoms. The van der Waals surface area contributed by atoms with Gasteiger partial charge in [0.25, 0.3) is 5.91 Å². The van der Waals surface area contributed by atoms with Crippen LogP contribution in [0, 0.1) is 5.92 Å². The number of amides is 1. The molecule has 2 aromatic rings. The van der Waals surface area contributed by atoms with E-state index in [0.29, 0.717) is 18.0 Å². The van der Waals surface area contributed by atoms with E-state index in [-0.39, 0.29) is 12.5 Å². The molecule has 1 amide bonds. The van der Waals surface area contributed by atoms with Gasteiger partial charge in [-0.15, -0.1) is 0 Å². The summed E-state index contributed by atoms with van der Waals surface area (Å²) < 4.78 is 5.16. The summed E-state index contributed by atoms with van der Waals surface area (Å²) in [4.78, 5) is 24.0. The van der Waals surface area contributed by atoms with Gasteiger partial charge in [-0.05, 0) is 36.0 Å². The smallest absolute Gasteiger partial charge is 0.338 e. The molecule has 0 aliphatic heterocycles. The van der Waals surface area contributed by atoms with Gasteiger partial charge in [-0.25, -0.2) is 4.79 Å². The second-order valence-electron chi connectivity index (χ2n) is 6.42. The number of carbonyl (C=O) groups excluding carboxylic acids is 2. The van der Waals surface area contributed by atoms with Crippen LogP contribution >= 0.6 is 0 Å². The van der Waals surface area contributed by atoms with Crippen molar-refractivity contribution in [1.29, 1.82) is 0 Å². The Labute approximate surface area is 149 Å². The van der Waals surface area contributed by atoms with Crippen LogP contribution in [-0.4, -0.2) is 25.0 Å². The Morgan fingerprint density at radius 1 is 0.960 bits per heavy atom. The summed E-state index contributed by atoms with van der Waals surface area (Å²) in [5.74, 6) is -0.370. The molecule has 4 heteroatoms. The fraction of sp³-hybridized carbons (Fsp3) is 0.333. The Kier molecular flexibility index (Phi) is 7.20. The SMILES string of the molecule is CC(C)CNC(=O)COC(=O)c1ccccc1CCc1ccccc1. The average molecular weight is 339 g/mol. The number of rotatable bonds is 8. The van der Waals surface area contributed by atoms with Crippen LogP contribution in [0.3, 0.4) is 0 Å². The van der Waals surface area contributed by atoms with E-state index < -0.39 is 5.97 Å². The maximum atomic E-state index is 12.3. The third-order valence-electron chi connectivity index (χ3n) is 3.80. The molecule has 4 nitrogen and oxygen atoms in total. The maximum absolute atomic E-state index is 12.3. The van der Waals surface area contributed by atoms with E-state index in [1.165, 1.54) is 5.56 Å². The van der Waals surface area contributed by atoms with Crippen LogP contribution in [0.4, 0.5) is 0 Å². The molecule has 0 saturated heterocycles. The minimum absolute atomic E-state index is 0.251. The second-order valence-corrected chi connectivity index (χ2v) is 6.42. The fourth-order valence-corrected chi connectivity index (χ4v) is 2.44. The first-order valence-electron chi connectivity index (χ1n) is 8.62. The first-order valence-corrected chi connectivity index (χ1v) is 8.62. The molecule has 0 unspecified atom stereocenters. The highest BCUT2D eigenvalue weighted by atomic mass is 16.5. The zero-order chi connectivity index (χ0) is 18.1. The summed E-state index contributed by atoms with van der Waals surface area (Å²) in [6.07, 6.45) is 1.59. The number of nitrogens with one attached hydrogen (secondary N) is 1. The van der Waals surface area contributed by atoms with Gasteiger partial charge in [0.15, 0.2) is 6.61 Å². The topological polar surface area (TPSA) is 55.4 Å². The predicted molar refractivity (Wildman–Crippen MR) is 98.4 cm³/mol. The molecule has 0 aromatic heterocycles. The van der Waals surface area contributed by atoms with Crippen molar-refractivity contribution in [3.63, 3.8) is 0 Å². The van der Waals surface area contributed by atoms with Crippen molar-refractivity contribution in [2.75, 3.05) is 13.2 Å². The lowest BCUT2D eigenvalue weighted by molar-refractivity contribution is -0.124. The standard InChI is InChI=1S/C21H25NO3/c1-16(2)14-22-20(23)15-25-21(24)19-11-7-6-10-18(19)13-12-17-8-4-3-5-9-17/h3-11,16H,12-15H2,1-2H3,(H,22,23). The summed E-state index contributed by atoms with van der Waals surface area (Å²) >= 11 is 0. The summed E-state index contributed by atoms with van der Waals surface area (Å²) in [5, 5.41) is 2.73. The first kappa shape index (κ1) is 18.7. The molecule has 0 bridgehead atoms. The van der Waals surface area contributed by atoms with Crippen LogP contribution in [0.1, 0.15) is 35.3 Å². The summed E-state index contributed by atoms with van der Waals surface area (Å²) in [6.45, 7) is 4.34. The minimum atomic E-state index is -0.455. The van der Waals surface area contributed by atoms with E-state index >= 15 is 0 Å². The number of hydrogen-bond donors (Lipinski definition) is 1. The summed E-state index contributed by atoms with van der Waals surface area (Å²) in [7, 11) is 0. The molecule has 2 aromatic carbocycles. The lowest BCUT2D eigenvalue weighted by Gasteiger charge is -2.11. The Hall–Kier alpha value is -2.62. The summed E-state index contributed by atoms with van der Waals surface area (Å²) in [6, 6.07) is 17.5. The van der Waals surface area contributed by atoms with Crippen molar-refractivity contribution >= 4 is 11.9 Å². The monoisotopic (exact) mass is 339 g/mol. The van der Waals surface area contributed by atoms with Gasteiger partial charge in [-0.3, -0.25) is 4.79 Å². The van der Waals surface area contributed by atoms with Crippen LogP contribution in [0.5, 0.6) is 0 Å². The number of carbonyl (C=O) groups is 2. The van der Waals surface area contributed by atoms with Crippen LogP contribution in [0.2, 0.25) is 0 Å². The van der Waals surface area contributed by atoms with Crippen molar-refractivity contribution in [3.8, 4) is 0 Å². The van der Waals surface area contributed by atoms with Gasteiger partial charge in [0.05, 0.1) is 5.56 Å². The van der Waals surface area contributed by atoms with Gasteiger partial charge < -0.3 is 10.1 Å². The molecule has 0 fully saturated rings. The van der Waals surface area contributed by atoms with Crippen LogP contribution in [-0.2, 0) is 22.4 Å². The highest BCUT2D eigenvalue weighted by Crippen LogP contribution is 2.14. The third-order valence-corrected chi connectivity index (χ3v) is 3.80. The largest absolute Gasteiger partial charge is 0.452 e. The molecule has 2 rings (SSSR count). The van der Waals surface area contributed by atoms with Gasteiger partial charge in [0, 0.05) is 6.54 Å². The van der Waals surface area contributed by atoms with E-state index in [9.17, 15) is 9.59 Å². The molecule has 0 spiro atoms. The second kappa shape index (κ2) is 9.62. The summed E-state index contributed by atoms with van der Waals surface area (Å²) in [5.41, 5.74) is 2.67. The van der Waals surface area contributed by atoms with Crippen LogP contribution < -0.4 is 5.32 Å². The quantitative estimate of drug-likeness (QED) is 0.750. The van der Waals surface area contributed by atoms with E-state index in [1.54, 1.807) is 12.1 Å². The lowest BCUT2D eigenvalue weighted by atomic mass is 10.00. The average Bonchev–Trinajstić information content (AvgIpc) is 2.63. The van der Waals surface area contributed by atoms with Gasteiger partial charge in [0.2, 0.25) is 0 Å². The molecule has 0 aliphatic carbocycles. The van der Waals surface area contributed by atoms with Gasteiger partial charge in [-0.2, -0.15) is 0 Å². The number of benzene rings is 2. The van der Waals surface area contributed by atoms with Gasteiger partial charge >= 0.3 is 5.97 Å². The van der Waals surface area contributed by atoms with Crippen LogP contribution in [0.25, 0.3) is 0 Å². The van der Waals surface area contributed by atoms with Gasteiger partial charge in [0.1, 0.15) is 0 Å². The predicted octanol–water partition coefficient (Wildman–Crippen LogP) is 3.40. The molecule has 0 radical (unpaired) electrons. The molecule has 0 atom stereocenters. The van der Waals surface area contributed by atoms with Gasteiger partial charge in [-0.1, -0.05) is 62.4 Å². The minimum Gasteiger partial charge on any atom is -0.452 e. The number of ether oxygens (including phenoxy) is 1. The molecule has 0 aliphatic rings. The Bertz CT molecular complexity index is 695. The molecule has 0 saturated carbocycles. The first-order chi connectivity index (χ1) is 12.1. The highest BCUT2D eigenvalue weighted by molar-refractivity contribution is 5.92. The van der Waals surface area contributed by atoms with Crippen molar-refractivity contribution in [2.45, 2.75) is 26.7 Å².